The minimum Gasteiger partial charge on any atom is -0.476 e. The molecule has 2 aromatic heterocycles. The summed E-state index contributed by atoms with van der Waals surface area (Å²) in [5, 5.41) is 13.1. The van der Waals surface area contributed by atoms with Crippen molar-refractivity contribution in [3.63, 3.8) is 0 Å². The van der Waals surface area contributed by atoms with Crippen LogP contribution in [-0.2, 0) is 0 Å². The highest BCUT2D eigenvalue weighted by Crippen LogP contribution is 2.27. The van der Waals surface area contributed by atoms with E-state index >= 15 is 0 Å². The largest absolute Gasteiger partial charge is 0.476 e. The number of carboxylic acid groups (broad SMARTS) is 1. The molecule has 0 bridgehead atoms. The third-order valence-corrected chi connectivity index (χ3v) is 3.76. The van der Waals surface area contributed by atoms with Crippen LogP contribution >= 0.6 is 11.6 Å². The summed E-state index contributed by atoms with van der Waals surface area (Å²) in [4.78, 5) is 15.6. The van der Waals surface area contributed by atoms with E-state index in [-0.39, 0.29) is 11.6 Å². The predicted molar refractivity (Wildman–Crippen MR) is 72.0 cm³/mol. The Hall–Kier alpha value is -1.59. The highest BCUT2D eigenvalue weighted by atomic mass is 35.5. The van der Waals surface area contributed by atoms with Crippen molar-refractivity contribution in [1.82, 2.24) is 14.7 Å². The van der Waals surface area contributed by atoms with E-state index < -0.39 is 5.97 Å². The Kier molecular flexibility index (Phi) is 3.16. The van der Waals surface area contributed by atoms with Gasteiger partial charge < -0.3 is 14.8 Å². The molecule has 100 valence electrons. The molecule has 1 aliphatic heterocycles. The Balaban J connectivity index is 2.17. The zero-order chi connectivity index (χ0) is 13.4. The number of halogens is 1. The molecule has 0 atom stereocenters. The summed E-state index contributed by atoms with van der Waals surface area (Å²) in [6, 6.07) is 3.40. The van der Waals surface area contributed by atoms with Crippen LogP contribution in [0.3, 0.4) is 0 Å². The second kappa shape index (κ2) is 4.83. The van der Waals surface area contributed by atoms with E-state index in [1.165, 1.54) is 0 Å². The minimum absolute atomic E-state index is 0.102. The summed E-state index contributed by atoms with van der Waals surface area (Å²) in [5.74, 6) is 0.0803. The first-order valence-corrected chi connectivity index (χ1v) is 6.66. The molecule has 0 saturated carbocycles. The van der Waals surface area contributed by atoms with Gasteiger partial charge in [0.2, 0.25) is 0 Å². The summed E-state index contributed by atoms with van der Waals surface area (Å²) >= 11 is 6.01. The molecule has 2 N–H and O–H groups in total. The number of aromatic nitrogens is 2. The lowest BCUT2D eigenvalue weighted by Crippen LogP contribution is -2.27. The van der Waals surface area contributed by atoms with E-state index in [0.717, 1.165) is 31.8 Å². The van der Waals surface area contributed by atoms with Crippen molar-refractivity contribution in [2.75, 3.05) is 13.1 Å². The maximum Gasteiger partial charge on any atom is 0.356 e. The van der Waals surface area contributed by atoms with Gasteiger partial charge in [-0.15, -0.1) is 0 Å². The molecule has 1 fully saturated rings. The van der Waals surface area contributed by atoms with Crippen molar-refractivity contribution in [2.24, 2.45) is 0 Å². The molecular formula is C13H14ClN3O2. The predicted octanol–water partition coefficient (Wildman–Crippen LogP) is 2.15. The van der Waals surface area contributed by atoms with Gasteiger partial charge in [-0.3, -0.25) is 0 Å². The van der Waals surface area contributed by atoms with Gasteiger partial charge in [-0.25, -0.2) is 9.78 Å². The maximum atomic E-state index is 11.3. The number of pyridine rings is 1. The fourth-order valence-electron chi connectivity index (χ4n) is 2.61. The fourth-order valence-corrected chi connectivity index (χ4v) is 2.77. The average molecular weight is 280 g/mol. The van der Waals surface area contributed by atoms with Crippen LogP contribution in [0.25, 0.3) is 5.52 Å². The molecule has 0 unspecified atom stereocenters. The van der Waals surface area contributed by atoms with Gasteiger partial charge in [0.1, 0.15) is 5.82 Å². The third-order valence-electron chi connectivity index (χ3n) is 3.54. The molecule has 6 heteroatoms. The lowest BCUT2D eigenvalue weighted by molar-refractivity contribution is 0.0693. The van der Waals surface area contributed by atoms with Crippen molar-refractivity contribution in [3.05, 3.63) is 34.9 Å². The second-order valence-corrected chi connectivity index (χ2v) is 5.19. The van der Waals surface area contributed by atoms with Crippen LogP contribution in [0.15, 0.2) is 18.3 Å². The molecule has 0 spiro atoms. The molecule has 1 saturated heterocycles. The van der Waals surface area contributed by atoms with E-state index in [9.17, 15) is 9.90 Å². The molecule has 0 radical (unpaired) electrons. The Morgan fingerprint density at radius 3 is 2.84 bits per heavy atom. The van der Waals surface area contributed by atoms with Crippen LogP contribution in [0, 0.1) is 0 Å². The molecule has 3 heterocycles. The van der Waals surface area contributed by atoms with E-state index in [2.05, 4.69) is 10.3 Å². The SMILES string of the molecule is O=C(O)c1nc(C2CCNCC2)n2cc(Cl)ccc12. The number of imidazole rings is 1. The number of aromatic carboxylic acids is 1. The first kappa shape index (κ1) is 12.4. The van der Waals surface area contributed by atoms with Gasteiger partial charge in [-0.1, -0.05) is 11.6 Å². The number of hydrogen-bond donors (Lipinski definition) is 2. The van der Waals surface area contributed by atoms with E-state index in [1.54, 1.807) is 18.3 Å². The number of rotatable bonds is 2. The zero-order valence-electron chi connectivity index (χ0n) is 10.3. The molecule has 19 heavy (non-hydrogen) atoms. The third kappa shape index (κ3) is 2.19. The maximum absolute atomic E-state index is 11.3. The lowest BCUT2D eigenvalue weighted by Gasteiger charge is -2.21. The quantitative estimate of drug-likeness (QED) is 0.884. The number of fused-ring (bicyclic) bond motifs is 1. The summed E-state index contributed by atoms with van der Waals surface area (Å²) < 4.78 is 1.82. The van der Waals surface area contributed by atoms with Gasteiger partial charge >= 0.3 is 5.97 Å². The van der Waals surface area contributed by atoms with Gasteiger partial charge in [0.25, 0.3) is 0 Å². The fraction of sp³-hybridized carbons (Fsp3) is 0.385. The monoisotopic (exact) mass is 279 g/mol. The van der Waals surface area contributed by atoms with E-state index in [4.69, 9.17) is 11.6 Å². The molecular weight excluding hydrogens is 266 g/mol. The van der Waals surface area contributed by atoms with Crippen LogP contribution in [0.4, 0.5) is 0 Å². The van der Waals surface area contributed by atoms with Crippen molar-refractivity contribution in [2.45, 2.75) is 18.8 Å². The topological polar surface area (TPSA) is 66.6 Å². The standard InChI is InChI=1S/C13H14ClN3O2/c14-9-1-2-10-11(13(18)19)16-12(17(10)7-9)8-3-5-15-6-4-8/h1-2,7-8,15H,3-6H2,(H,18,19). The summed E-state index contributed by atoms with van der Waals surface area (Å²) in [5.41, 5.74) is 0.704. The minimum atomic E-state index is -1.000. The number of hydrogen-bond acceptors (Lipinski definition) is 3. The Morgan fingerprint density at radius 1 is 1.42 bits per heavy atom. The number of nitrogens with one attached hydrogen (secondary N) is 1. The van der Waals surface area contributed by atoms with Crippen molar-refractivity contribution >= 4 is 23.1 Å². The van der Waals surface area contributed by atoms with E-state index in [1.807, 2.05) is 4.40 Å². The van der Waals surface area contributed by atoms with Crippen molar-refractivity contribution in [1.29, 1.82) is 0 Å². The summed E-state index contributed by atoms with van der Waals surface area (Å²) in [7, 11) is 0. The van der Waals surface area contributed by atoms with Crippen molar-refractivity contribution in [3.8, 4) is 0 Å². The Morgan fingerprint density at radius 2 is 2.16 bits per heavy atom. The highest BCUT2D eigenvalue weighted by molar-refractivity contribution is 6.30. The Bertz CT molecular complexity index is 632. The number of nitrogens with zero attached hydrogens (tertiary/aromatic N) is 2. The van der Waals surface area contributed by atoms with Gasteiger partial charge in [0.05, 0.1) is 10.5 Å². The van der Waals surface area contributed by atoms with Gasteiger partial charge in [-0.05, 0) is 38.1 Å². The van der Waals surface area contributed by atoms with Crippen LogP contribution in [0.1, 0.15) is 35.1 Å². The smallest absolute Gasteiger partial charge is 0.356 e. The summed E-state index contributed by atoms with van der Waals surface area (Å²) in [6.07, 6.45) is 3.67. The van der Waals surface area contributed by atoms with Gasteiger partial charge in [0, 0.05) is 12.1 Å². The van der Waals surface area contributed by atoms with Crippen LogP contribution in [-0.4, -0.2) is 33.6 Å². The van der Waals surface area contributed by atoms with Crippen LogP contribution in [0.5, 0.6) is 0 Å². The normalized spacial score (nSPS) is 16.9. The van der Waals surface area contributed by atoms with Crippen LogP contribution in [0.2, 0.25) is 5.02 Å². The first-order chi connectivity index (χ1) is 9.16. The van der Waals surface area contributed by atoms with Gasteiger partial charge in [-0.2, -0.15) is 0 Å². The molecule has 0 aliphatic carbocycles. The number of piperidine rings is 1. The Labute approximate surface area is 115 Å². The van der Waals surface area contributed by atoms with Gasteiger partial charge in [0.15, 0.2) is 5.69 Å². The zero-order valence-corrected chi connectivity index (χ0v) is 11.0. The molecule has 0 amide bonds. The highest BCUT2D eigenvalue weighted by Gasteiger charge is 2.24. The number of carbonyl (C=O) groups is 1. The molecule has 1 aliphatic rings. The number of carboxylic acids is 1. The second-order valence-electron chi connectivity index (χ2n) is 4.75. The lowest BCUT2D eigenvalue weighted by atomic mass is 9.97. The summed E-state index contributed by atoms with van der Waals surface area (Å²) in [6.45, 7) is 1.87. The molecule has 0 aromatic carbocycles. The first-order valence-electron chi connectivity index (χ1n) is 6.28. The molecule has 3 rings (SSSR count). The van der Waals surface area contributed by atoms with E-state index in [0.29, 0.717) is 10.5 Å². The van der Waals surface area contributed by atoms with Crippen LogP contribution < -0.4 is 5.32 Å². The molecule has 2 aromatic rings. The average Bonchev–Trinajstić information content (AvgIpc) is 2.78. The van der Waals surface area contributed by atoms with Crippen molar-refractivity contribution < 1.29 is 9.90 Å². The molecule has 5 nitrogen and oxygen atoms in total.